The summed E-state index contributed by atoms with van der Waals surface area (Å²) in [6.45, 7) is 0.556. The molecule has 0 saturated heterocycles. The van der Waals surface area contributed by atoms with Crippen LogP contribution in [-0.2, 0) is 30.6 Å². The lowest BCUT2D eigenvalue weighted by Gasteiger charge is -2.09. The monoisotopic (exact) mass is 405 g/mol. The number of hydrogen-bond acceptors (Lipinski definition) is 1. The van der Waals surface area contributed by atoms with E-state index in [0.29, 0.717) is 13.0 Å². The summed E-state index contributed by atoms with van der Waals surface area (Å²) in [6, 6.07) is 37.5. The summed E-state index contributed by atoms with van der Waals surface area (Å²) in [5, 5.41) is 3.06. The second kappa shape index (κ2) is 10.4. The number of carbonyl (C=O) groups is 1. The average molecular weight is 406 g/mol. The fourth-order valence-electron chi connectivity index (χ4n) is 3.72. The summed E-state index contributed by atoms with van der Waals surface area (Å²) in [5.41, 5.74) is 7.15. The minimum Gasteiger partial charge on any atom is -0.352 e. The van der Waals surface area contributed by atoms with Crippen molar-refractivity contribution in [3.8, 4) is 11.1 Å². The van der Waals surface area contributed by atoms with Gasteiger partial charge in [-0.1, -0.05) is 109 Å². The highest BCUT2D eigenvalue weighted by atomic mass is 16.1. The molecule has 0 aliphatic heterocycles. The normalized spacial score (nSPS) is 10.6. The predicted molar refractivity (Wildman–Crippen MR) is 128 cm³/mol. The molecule has 0 heterocycles. The topological polar surface area (TPSA) is 29.1 Å². The first-order valence-corrected chi connectivity index (χ1v) is 10.8. The standard InChI is InChI=1S/C29H27NO/c31-29(21-25-16-18-28(19-17-25)27-12-5-2-6-13-27)30-22-26-11-7-10-24(20-26)15-14-23-8-3-1-4-9-23/h1-13,16-20H,14-15,21-22H2,(H,30,31). The molecule has 0 spiro atoms. The van der Waals surface area contributed by atoms with Gasteiger partial charge in [0.15, 0.2) is 0 Å². The Balaban J connectivity index is 1.28. The molecule has 0 fully saturated rings. The van der Waals surface area contributed by atoms with Gasteiger partial charge in [0.25, 0.3) is 0 Å². The van der Waals surface area contributed by atoms with Crippen LogP contribution in [0, 0.1) is 0 Å². The third kappa shape index (κ3) is 6.16. The molecule has 0 saturated carbocycles. The minimum absolute atomic E-state index is 0.0437. The smallest absolute Gasteiger partial charge is 0.224 e. The van der Waals surface area contributed by atoms with E-state index in [1.807, 2.05) is 36.4 Å². The van der Waals surface area contributed by atoms with Crippen molar-refractivity contribution >= 4 is 5.91 Å². The second-order valence-corrected chi connectivity index (χ2v) is 7.82. The van der Waals surface area contributed by atoms with Crippen molar-refractivity contribution in [1.82, 2.24) is 5.32 Å². The van der Waals surface area contributed by atoms with E-state index < -0.39 is 0 Å². The first-order valence-electron chi connectivity index (χ1n) is 10.8. The van der Waals surface area contributed by atoms with Crippen LogP contribution in [0.5, 0.6) is 0 Å². The molecule has 0 atom stereocenters. The number of hydrogen-bond donors (Lipinski definition) is 1. The third-order valence-corrected chi connectivity index (χ3v) is 5.45. The van der Waals surface area contributed by atoms with Crippen LogP contribution in [0.2, 0.25) is 0 Å². The fourth-order valence-corrected chi connectivity index (χ4v) is 3.72. The van der Waals surface area contributed by atoms with Crippen LogP contribution < -0.4 is 5.32 Å². The molecule has 1 amide bonds. The van der Waals surface area contributed by atoms with Gasteiger partial charge in [0, 0.05) is 6.54 Å². The molecule has 4 aromatic carbocycles. The number of amides is 1. The van der Waals surface area contributed by atoms with Crippen LogP contribution in [0.3, 0.4) is 0 Å². The summed E-state index contributed by atoms with van der Waals surface area (Å²) >= 11 is 0. The van der Waals surface area contributed by atoms with Gasteiger partial charge < -0.3 is 5.32 Å². The van der Waals surface area contributed by atoms with Crippen LogP contribution in [-0.4, -0.2) is 5.91 Å². The van der Waals surface area contributed by atoms with Crippen molar-refractivity contribution in [3.63, 3.8) is 0 Å². The summed E-state index contributed by atoms with van der Waals surface area (Å²) < 4.78 is 0. The van der Waals surface area contributed by atoms with Crippen LogP contribution in [0.1, 0.15) is 22.3 Å². The molecule has 31 heavy (non-hydrogen) atoms. The molecule has 0 aliphatic carbocycles. The van der Waals surface area contributed by atoms with Gasteiger partial charge in [-0.05, 0) is 46.2 Å². The largest absolute Gasteiger partial charge is 0.352 e. The lowest BCUT2D eigenvalue weighted by Crippen LogP contribution is -2.24. The number of benzene rings is 4. The summed E-state index contributed by atoms with van der Waals surface area (Å²) in [5.74, 6) is 0.0437. The van der Waals surface area contributed by atoms with Gasteiger partial charge in [-0.15, -0.1) is 0 Å². The van der Waals surface area contributed by atoms with Crippen molar-refractivity contribution in [1.29, 1.82) is 0 Å². The number of rotatable bonds is 8. The van der Waals surface area contributed by atoms with Crippen molar-refractivity contribution < 1.29 is 4.79 Å². The first-order chi connectivity index (χ1) is 15.3. The van der Waals surface area contributed by atoms with Gasteiger partial charge in [0.2, 0.25) is 5.91 Å². The van der Waals surface area contributed by atoms with Crippen LogP contribution in [0.4, 0.5) is 0 Å². The van der Waals surface area contributed by atoms with E-state index in [1.54, 1.807) is 0 Å². The SMILES string of the molecule is O=C(Cc1ccc(-c2ccccc2)cc1)NCc1cccc(CCc2ccccc2)c1. The van der Waals surface area contributed by atoms with Gasteiger partial charge in [-0.25, -0.2) is 0 Å². The third-order valence-electron chi connectivity index (χ3n) is 5.45. The van der Waals surface area contributed by atoms with E-state index in [9.17, 15) is 4.79 Å². The highest BCUT2D eigenvalue weighted by Gasteiger charge is 2.05. The Hall–Kier alpha value is -3.65. The lowest BCUT2D eigenvalue weighted by atomic mass is 10.0. The molecule has 4 rings (SSSR count). The van der Waals surface area contributed by atoms with E-state index >= 15 is 0 Å². The molecule has 4 aromatic rings. The Bertz CT molecular complexity index is 1100. The van der Waals surface area contributed by atoms with Gasteiger partial charge in [-0.3, -0.25) is 4.79 Å². The lowest BCUT2D eigenvalue weighted by molar-refractivity contribution is -0.120. The first kappa shape index (κ1) is 20.6. The van der Waals surface area contributed by atoms with E-state index in [2.05, 4.69) is 78.1 Å². The molecular weight excluding hydrogens is 378 g/mol. The van der Waals surface area contributed by atoms with Crippen LogP contribution >= 0.6 is 0 Å². The summed E-state index contributed by atoms with van der Waals surface area (Å²) in [4.78, 5) is 12.4. The second-order valence-electron chi connectivity index (χ2n) is 7.82. The maximum atomic E-state index is 12.4. The quantitative estimate of drug-likeness (QED) is 0.383. The Morgan fingerprint density at radius 1 is 0.548 bits per heavy atom. The van der Waals surface area contributed by atoms with Gasteiger partial charge in [-0.2, -0.15) is 0 Å². The van der Waals surface area contributed by atoms with Crippen molar-refractivity contribution in [2.75, 3.05) is 0 Å². The number of nitrogens with one attached hydrogen (secondary N) is 1. The van der Waals surface area contributed by atoms with E-state index in [1.165, 1.54) is 16.7 Å². The molecule has 0 bridgehead atoms. The molecule has 154 valence electrons. The molecule has 2 nitrogen and oxygen atoms in total. The molecule has 1 N–H and O–H groups in total. The van der Waals surface area contributed by atoms with E-state index in [-0.39, 0.29) is 5.91 Å². The predicted octanol–water partition coefficient (Wildman–Crippen LogP) is 6.00. The highest BCUT2D eigenvalue weighted by Crippen LogP contribution is 2.19. The summed E-state index contributed by atoms with van der Waals surface area (Å²) in [7, 11) is 0. The van der Waals surface area contributed by atoms with Gasteiger partial charge in [0.05, 0.1) is 6.42 Å². The summed E-state index contributed by atoms with van der Waals surface area (Å²) in [6.07, 6.45) is 2.41. The van der Waals surface area contributed by atoms with E-state index in [0.717, 1.165) is 29.5 Å². The van der Waals surface area contributed by atoms with Crippen LogP contribution in [0.25, 0.3) is 11.1 Å². The molecule has 0 unspecified atom stereocenters. The number of aryl methyl sites for hydroxylation is 2. The molecule has 0 aromatic heterocycles. The minimum atomic E-state index is 0.0437. The average Bonchev–Trinajstić information content (AvgIpc) is 2.83. The molecule has 0 aliphatic rings. The zero-order valence-electron chi connectivity index (χ0n) is 17.6. The zero-order valence-corrected chi connectivity index (χ0v) is 17.6. The Morgan fingerprint density at radius 2 is 1.13 bits per heavy atom. The van der Waals surface area contributed by atoms with Crippen molar-refractivity contribution in [2.24, 2.45) is 0 Å². The Kier molecular flexibility index (Phi) is 6.92. The molecule has 2 heteroatoms. The van der Waals surface area contributed by atoms with Gasteiger partial charge in [0.1, 0.15) is 0 Å². The number of carbonyl (C=O) groups excluding carboxylic acids is 1. The maximum absolute atomic E-state index is 12.4. The Labute approximate surface area is 184 Å². The fraction of sp³-hybridized carbons (Fsp3) is 0.138. The Morgan fingerprint density at radius 3 is 1.87 bits per heavy atom. The zero-order chi connectivity index (χ0) is 21.3. The molecular formula is C29H27NO. The molecule has 0 radical (unpaired) electrons. The van der Waals surface area contributed by atoms with Crippen molar-refractivity contribution in [2.45, 2.75) is 25.8 Å². The maximum Gasteiger partial charge on any atom is 0.224 e. The van der Waals surface area contributed by atoms with Crippen LogP contribution in [0.15, 0.2) is 109 Å². The highest BCUT2D eigenvalue weighted by molar-refractivity contribution is 5.78. The van der Waals surface area contributed by atoms with E-state index in [4.69, 9.17) is 0 Å². The van der Waals surface area contributed by atoms with Gasteiger partial charge >= 0.3 is 0 Å². The van der Waals surface area contributed by atoms with Crippen molar-refractivity contribution in [3.05, 3.63) is 131 Å².